The second kappa shape index (κ2) is 5.25. The zero-order valence-electron chi connectivity index (χ0n) is 9.43. The molecule has 0 aliphatic carbocycles. The average Bonchev–Trinajstić information content (AvgIpc) is 2.80. The normalized spacial score (nSPS) is 10.2. The van der Waals surface area contributed by atoms with Crippen LogP contribution in [0.2, 0.25) is 0 Å². The van der Waals surface area contributed by atoms with Crippen molar-refractivity contribution in [2.45, 2.75) is 13.5 Å². The molecule has 5 heteroatoms. The fourth-order valence-electron chi connectivity index (χ4n) is 1.53. The summed E-state index contributed by atoms with van der Waals surface area (Å²) in [6.45, 7) is 2.76. The zero-order chi connectivity index (χ0) is 12.3. The van der Waals surface area contributed by atoms with E-state index in [0.717, 1.165) is 23.4 Å². The number of thiazole rings is 1. The summed E-state index contributed by atoms with van der Waals surface area (Å²) in [5, 5.41) is 3.33. The average molecular weight is 263 g/mol. The van der Waals surface area contributed by atoms with Gasteiger partial charge in [-0.2, -0.15) is 0 Å². The highest BCUT2D eigenvalue weighted by atomic mass is 32.1. The molecule has 17 heavy (non-hydrogen) atoms. The summed E-state index contributed by atoms with van der Waals surface area (Å²) >= 11 is 6.67. The van der Waals surface area contributed by atoms with Crippen LogP contribution >= 0.6 is 23.6 Å². The molecule has 0 radical (unpaired) electrons. The van der Waals surface area contributed by atoms with Gasteiger partial charge < -0.3 is 11.1 Å². The number of rotatable bonds is 4. The van der Waals surface area contributed by atoms with Crippen molar-refractivity contribution in [3.8, 4) is 0 Å². The van der Waals surface area contributed by atoms with Crippen LogP contribution in [0.4, 0.5) is 5.69 Å². The first-order chi connectivity index (χ1) is 8.16. The first kappa shape index (κ1) is 12.0. The van der Waals surface area contributed by atoms with Crippen molar-refractivity contribution in [2.24, 2.45) is 5.73 Å². The minimum Gasteiger partial charge on any atom is -0.389 e. The Bertz CT molecular complexity index is 521. The second-order valence-corrected chi connectivity index (χ2v) is 5.15. The van der Waals surface area contributed by atoms with E-state index in [0.29, 0.717) is 4.99 Å². The van der Waals surface area contributed by atoms with E-state index in [2.05, 4.69) is 10.3 Å². The number of nitrogens with two attached hydrogens (primary N) is 1. The van der Waals surface area contributed by atoms with Crippen LogP contribution in [0.25, 0.3) is 0 Å². The van der Waals surface area contributed by atoms with Crippen molar-refractivity contribution in [2.75, 3.05) is 5.32 Å². The quantitative estimate of drug-likeness (QED) is 0.833. The molecule has 0 bridgehead atoms. The second-order valence-electron chi connectivity index (χ2n) is 3.73. The molecule has 2 aromatic rings. The molecule has 0 aliphatic rings. The third-order valence-electron chi connectivity index (χ3n) is 2.38. The molecule has 3 N–H and O–H groups in total. The lowest BCUT2D eigenvalue weighted by Crippen LogP contribution is -2.13. The van der Waals surface area contributed by atoms with Crippen LogP contribution in [0, 0.1) is 6.92 Å². The topological polar surface area (TPSA) is 50.9 Å². The Morgan fingerprint density at radius 3 is 3.00 bits per heavy atom. The number of benzene rings is 1. The Balaban J connectivity index is 2.17. The third kappa shape index (κ3) is 3.01. The minimum atomic E-state index is 0.417. The molecule has 0 aliphatic heterocycles. The van der Waals surface area contributed by atoms with E-state index in [9.17, 15) is 0 Å². The van der Waals surface area contributed by atoms with Crippen LogP contribution in [0.1, 0.15) is 16.0 Å². The van der Waals surface area contributed by atoms with Gasteiger partial charge in [0.15, 0.2) is 0 Å². The molecule has 0 saturated carbocycles. The van der Waals surface area contributed by atoms with Crippen LogP contribution in [0.15, 0.2) is 29.9 Å². The minimum absolute atomic E-state index is 0.417. The van der Waals surface area contributed by atoms with Crippen LogP contribution in [-0.4, -0.2) is 9.97 Å². The Morgan fingerprint density at radius 2 is 2.35 bits per heavy atom. The smallest absolute Gasteiger partial charge is 0.106 e. The number of anilines is 1. The number of hydrogen-bond donors (Lipinski definition) is 2. The van der Waals surface area contributed by atoms with Crippen molar-refractivity contribution >= 4 is 34.2 Å². The standard InChI is InChI=1S/C12H13N3S2/c1-8-2-3-11(10(4-8)12(13)16)15-6-9-5-14-7-17-9/h2-5,7,15H,6H2,1H3,(H2,13,16). The predicted octanol–water partition coefficient (Wildman–Crippen LogP) is 2.70. The summed E-state index contributed by atoms with van der Waals surface area (Å²) in [5.74, 6) is 0. The lowest BCUT2D eigenvalue weighted by atomic mass is 10.1. The van der Waals surface area contributed by atoms with Gasteiger partial charge in [-0.3, -0.25) is 4.98 Å². The molecule has 1 aromatic carbocycles. The maximum Gasteiger partial charge on any atom is 0.106 e. The Kier molecular flexibility index (Phi) is 3.71. The van der Waals surface area contributed by atoms with E-state index in [-0.39, 0.29) is 0 Å². The van der Waals surface area contributed by atoms with Crippen molar-refractivity contribution in [3.05, 3.63) is 45.9 Å². The highest BCUT2D eigenvalue weighted by Crippen LogP contribution is 2.19. The van der Waals surface area contributed by atoms with Gasteiger partial charge in [0.25, 0.3) is 0 Å². The van der Waals surface area contributed by atoms with E-state index in [1.807, 2.05) is 36.8 Å². The van der Waals surface area contributed by atoms with Crippen LogP contribution < -0.4 is 11.1 Å². The van der Waals surface area contributed by atoms with E-state index in [1.54, 1.807) is 11.3 Å². The van der Waals surface area contributed by atoms with Gasteiger partial charge in [0.05, 0.1) is 12.1 Å². The summed E-state index contributed by atoms with van der Waals surface area (Å²) in [5.41, 5.74) is 10.5. The molecule has 0 atom stereocenters. The van der Waals surface area contributed by atoms with E-state index in [4.69, 9.17) is 18.0 Å². The van der Waals surface area contributed by atoms with Gasteiger partial charge in [-0.25, -0.2) is 0 Å². The molecule has 1 aromatic heterocycles. The number of thiocarbonyl (C=S) groups is 1. The Morgan fingerprint density at radius 1 is 1.53 bits per heavy atom. The van der Waals surface area contributed by atoms with Gasteiger partial charge in [0, 0.05) is 22.3 Å². The first-order valence-corrected chi connectivity index (χ1v) is 6.47. The van der Waals surface area contributed by atoms with Gasteiger partial charge in [0.2, 0.25) is 0 Å². The SMILES string of the molecule is Cc1ccc(NCc2cncs2)c(C(N)=S)c1. The lowest BCUT2D eigenvalue weighted by molar-refractivity contribution is 1.17. The van der Waals surface area contributed by atoms with Crippen LogP contribution in [0.5, 0.6) is 0 Å². The van der Waals surface area contributed by atoms with Crippen molar-refractivity contribution in [1.82, 2.24) is 4.98 Å². The highest BCUT2D eigenvalue weighted by molar-refractivity contribution is 7.80. The monoisotopic (exact) mass is 263 g/mol. The van der Waals surface area contributed by atoms with Gasteiger partial charge >= 0.3 is 0 Å². The fraction of sp³-hybridized carbons (Fsp3) is 0.167. The first-order valence-electron chi connectivity index (χ1n) is 5.18. The Labute approximate surface area is 110 Å². The third-order valence-corrected chi connectivity index (χ3v) is 3.38. The van der Waals surface area contributed by atoms with Crippen molar-refractivity contribution in [3.63, 3.8) is 0 Å². The van der Waals surface area contributed by atoms with Gasteiger partial charge in [0.1, 0.15) is 4.99 Å². The fourth-order valence-corrected chi connectivity index (χ4v) is 2.23. The maximum absolute atomic E-state index is 5.71. The van der Waals surface area contributed by atoms with E-state index < -0.39 is 0 Å². The molecule has 2 rings (SSSR count). The van der Waals surface area contributed by atoms with E-state index >= 15 is 0 Å². The molecule has 3 nitrogen and oxygen atoms in total. The van der Waals surface area contributed by atoms with Crippen LogP contribution in [0.3, 0.4) is 0 Å². The molecular weight excluding hydrogens is 250 g/mol. The number of nitrogens with zero attached hydrogens (tertiary/aromatic N) is 1. The molecule has 1 heterocycles. The molecule has 0 fully saturated rings. The van der Waals surface area contributed by atoms with Crippen molar-refractivity contribution < 1.29 is 0 Å². The predicted molar refractivity (Wildman–Crippen MR) is 76.5 cm³/mol. The summed E-state index contributed by atoms with van der Waals surface area (Å²) in [4.78, 5) is 5.63. The lowest BCUT2D eigenvalue weighted by Gasteiger charge is -2.11. The molecule has 0 unspecified atom stereocenters. The van der Waals surface area contributed by atoms with E-state index in [1.165, 1.54) is 4.88 Å². The van der Waals surface area contributed by atoms with Crippen LogP contribution in [-0.2, 0) is 6.54 Å². The maximum atomic E-state index is 5.71. The zero-order valence-corrected chi connectivity index (χ0v) is 11.1. The molecule has 0 amide bonds. The van der Waals surface area contributed by atoms with Gasteiger partial charge in [-0.05, 0) is 19.1 Å². The summed E-state index contributed by atoms with van der Waals surface area (Å²) in [6.07, 6.45) is 1.85. The molecule has 88 valence electrons. The summed E-state index contributed by atoms with van der Waals surface area (Å²) < 4.78 is 0. The number of hydrogen-bond acceptors (Lipinski definition) is 4. The summed E-state index contributed by atoms with van der Waals surface area (Å²) in [6, 6.07) is 6.04. The molecule has 0 spiro atoms. The van der Waals surface area contributed by atoms with Gasteiger partial charge in [-0.1, -0.05) is 23.8 Å². The Hall–Kier alpha value is -1.46. The summed E-state index contributed by atoms with van der Waals surface area (Å²) in [7, 11) is 0. The number of nitrogens with one attached hydrogen (secondary N) is 1. The number of aromatic nitrogens is 1. The number of aryl methyl sites for hydroxylation is 1. The molecular formula is C12H13N3S2. The van der Waals surface area contributed by atoms with Crippen molar-refractivity contribution in [1.29, 1.82) is 0 Å². The highest BCUT2D eigenvalue weighted by Gasteiger charge is 2.05. The molecule has 0 saturated heterocycles. The van der Waals surface area contributed by atoms with Gasteiger partial charge in [-0.15, -0.1) is 11.3 Å². The largest absolute Gasteiger partial charge is 0.389 e.